The van der Waals surface area contributed by atoms with Crippen molar-refractivity contribution in [2.75, 3.05) is 6.54 Å². The zero-order chi connectivity index (χ0) is 15.8. The molecular weight excluding hydrogens is 300 g/mol. The highest BCUT2D eigenvalue weighted by molar-refractivity contribution is 5.85. The lowest BCUT2D eigenvalue weighted by atomic mass is 9.99. The van der Waals surface area contributed by atoms with Crippen LogP contribution in [0.4, 0.5) is 0 Å². The Hall–Kier alpha value is -1.26. The number of halogens is 1. The topological polar surface area (TPSA) is 64.4 Å². The van der Waals surface area contributed by atoms with Crippen molar-refractivity contribution in [3.8, 4) is 5.75 Å². The predicted octanol–water partition coefficient (Wildman–Crippen LogP) is 3.06. The van der Waals surface area contributed by atoms with Gasteiger partial charge < -0.3 is 15.8 Å². The summed E-state index contributed by atoms with van der Waals surface area (Å²) in [6.07, 6.45) is 1.68. The van der Waals surface area contributed by atoms with Gasteiger partial charge in [-0.25, -0.2) is 0 Å². The monoisotopic (exact) mass is 328 g/mol. The molecule has 3 N–H and O–H groups in total. The van der Waals surface area contributed by atoms with Crippen molar-refractivity contribution in [2.24, 2.45) is 11.7 Å². The summed E-state index contributed by atoms with van der Waals surface area (Å²) in [7, 11) is 0. The highest BCUT2D eigenvalue weighted by Gasteiger charge is 2.20. The molecule has 3 atom stereocenters. The fourth-order valence-electron chi connectivity index (χ4n) is 2.00. The van der Waals surface area contributed by atoms with E-state index in [0.717, 1.165) is 24.2 Å². The number of nitrogens with one attached hydrogen (secondary N) is 1. The van der Waals surface area contributed by atoms with Gasteiger partial charge in [0.25, 0.3) is 0 Å². The van der Waals surface area contributed by atoms with E-state index in [-0.39, 0.29) is 30.3 Å². The number of hydrogen-bond donors (Lipinski definition) is 2. The van der Waals surface area contributed by atoms with Crippen LogP contribution in [0.2, 0.25) is 0 Å². The Labute approximate surface area is 140 Å². The number of benzene rings is 1. The minimum absolute atomic E-state index is 0. The Kier molecular flexibility index (Phi) is 9.86. The van der Waals surface area contributed by atoms with E-state index < -0.39 is 6.04 Å². The van der Waals surface area contributed by atoms with E-state index in [2.05, 4.69) is 5.32 Å². The molecule has 0 fully saturated rings. The van der Waals surface area contributed by atoms with E-state index in [9.17, 15) is 4.79 Å². The average molecular weight is 329 g/mol. The van der Waals surface area contributed by atoms with Gasteiger partial charge in [-0.05, 0) is 37.0 Å². The number of carbonyl (C=O) groups is 1. The van der Waals surface area contributed by atoms with Crippen LogP contribution in [0, 0.1) is 12.8 Å². The normalized spacial score (nSPS) is 14.4. The third kappa shape index (κ3) is 6.67. The molecule has 1 aromatic rings. The number of hydrogen-bond acceptors (Lipinski definition) is 3. The fourth-order valence-corrected chi connectivity index (χ4v) is 2.00. The summed E-state index contributed by atoms with van der Waals surface area (Å²) in [6.45, 7) is 8.58. The smallest absolute Gasteiger partial charge is 0.237 e. The van der Waals surface area contributed by atoms with Crippen molar-refractivity contribution in [1.82, 2.24) is 5.32 Å². The second-order valence-electron chi connectivity index (χ2n) is 5.62. The summed E-state index contributed by atoms with van der Waals surface area (Å²) < 4.78 is 5.91. The Bertz CT molecular complexity index is 454. The first-order valence-electron chi connectivity index (χ1n) is 7.74. The Balaban J connectivity index is 0.00000441. The number of aryl methyl sites for hydroxylation is 1. The quantitative estimate of drug-likeness (QED) is 0.770. The van der Waals surface area contributed by atoms with Gasteiger partial charge in [0, 0.05) is 0 Å². The molecule has 0 heterocycles. The third-order valence-electron chi connectivity index (χ3n) is 3.81. The van der Waals surface area contributed by atoms with Crippen molar-refractivity contribution in [1.29, 1.82) is 0 Å². The molecule has 1 amide bonds. The van der Waals surface area contributed by atoms with E-state index >= 15 is 0 Å². The lowest BCUT2D eigenvalue weighted by Crippen LogP contribution is -2.47. The molecule has 0 saturated carbocycles. The molecule has 0 aliphatic heterocycles. The van der Waals surface area contributed by atoms with Crippen LogP contribution in [0.5, 0.6) is 5.75 Å². The summed E-state index contributed by atoms with van der Waals surface area (Å²) in [5.41, 5.74) is 7.08. The highest BCUT2D eigenvalue weighted by atomic mass is 35.5. The lowest BCUT2D eigenvalue weighted by Gasteiger charge is -2.21. The Morgan fingerprint density at radius 2 is 2.00 bits per heavy atom. The maximum atomic E-state index is 12.0. The summed E-state index contributed by atoms with van der Waals surface area (Å²) in [6, 6.07) is 7.47. The van der Waals surface area contributed by atoms with E-state index in [4.69, 9.17) is 10.5 Å². The molecule has 0 saturated heterocycles. The molecule has 5 heteroatoms. The number of carbonyl (C=O) groups excluding carboxylic acids is 1. The number of rotatable bonds is 8. The zero-order valence-electron chi connectivity index (χ0n) is 14.0. The molecule has 22 heavy (non-hydrogen) atoms. The number of amides is 1. The van der Waals surface area contributed by atoms with Gasteiger partial charge in [-0.1, -0.05) is 39.3 Å². The lowest BCUT2D eigenvalue weighted by molar-refractivity contribution is -0.123. The average Bonchev–Trinajstić information content (AvgIpc) is 2.49. The van der Waals surface area contributed by atoms with E-state index in [0.29, 0.717) is 6.54 Å². The van der Waals surface area contributed by atoms with Gasteiger partial charge in [-0.3, -0.25) is 4.79 Å². The summed E-state index contributed by atoms with van der Waals surface area (Å²) in [5.74, 6) is 0.917. The van der Waals surface area contributed by atoms with Crippen LogP contribution in [-0.2, 0) is 4.79 Å². The van der Waals surface area contributed by atoms with Crippen LogP contribution in [0.15, 0.2) is 24.3 Å². The number of nitrogens with two attached hydrogens (primary N) is 1. The molecule has 1 rings (SSSR count). The van der Waals surface area contributed by atoms with Gasteiger partial charge in [-0.2, -0.15) is 0 Å². The second kappa shape index (κ2) is 10.5. The van der Waals surface area contributed by atoms with Crippen LogP contribution in [-0.4, -0.2) is 24.6 Å². The third-order valence-corrected chi connectivity index (χ3v) is 3.81. The van der Waals surface area contributed by atoms with Crippen molar-refractivity contribution in [3.05, 3.63) is 29.8 Å². The summed E-state index contributed by atoms with van der Waals surface area (Å²) in [4.78, 5) is 12.0. The van der Waals surface area contributed by atoms with Gasteiger partial charge in [0.15, 0.2) is 0 Å². The Morgan fingerprint density at radius 1 is 1.32 bits per heavy atom. The van der Waals surface area contributed by atoms with Crippen molar-refractivity contribution in [2.45, 2.75) is 52.7 Å². The summed E-state index contributed by atoms with van der Waals surface area (Å²) in [5, 5.41) is 2.89. The van der Waals surface area contributed by atoms with Crippen molar-refractivity contribution in [3.63, 3.8) is 0 Å². The van der Waals surface area contributed by atoms with E-state index in [1.807, 2.05) is 52.0 Å². The first-order chi connectivity index (χ1) is 9.97. The molecule has 0 aliphatic carbocycles. The zero-order valence-corrected chi connectivity index (χ0v) is 14.8. The minimum Gasteiger partial charge on any atom is -0.489 e. The summed E-state index contributed by atoms with van der Waals surface area (Å²) >= 11 is 0. The van der Waals surface area contributed by atoms with Crippen LogP contribution < -0.4 is 15.8 Å². The highest BCUT2D eigenvalue weighted by Crippen LogP contribution is 2.15. The van der Waals surface area contributed by atoms with Gasteiger partial charge in [-0.15, -0.1) is 12.4 Å². The van der Waals surface area contributed by atoms with Crippen LogP contribution >= 0.6 is 12.4 Å². The first-order valence-corrected chi connectivity index (χ1v) is 7.74. The van der Waals surface area contributed by atoms with Crippen LogP contribution in [0.25, 0.3) is 0 Å². The predicted molar refractivity (Wildman–Crippen MR) is 93.6 cm³/mol. The fraction of sp³-hybridized carbons (Fsp3) is 0.588. The molecule has 1 aromatic carbocycles. The molecule has 0 bridgehead atoms. The Morgan fingerprint density at radius 3 is 2.55 bits per heavy atom. The molecular formula is C17H29ClN2O2. The minimum atomic E-state index is -0.452. The largest absolute Gasteiger partial charge is 0.489 e. The van der Waals surface area contributed by atoms with Gasteiger partial charge in [0.2, 0.25) is 5.91 Å². The van der Waals surface area contributed by atoms with Gasteiger partial charge in [0.1, 0.15) is 11.9 Å². The molecule has 0 aliphatic rings. The molecule has 0 aromatic heterocycles. The molecule has 0 radical (unpaired) electrons. The first kappa shape index (κ1) is 20.7. The molecule has 0 spiro atoms. The van der Waals surface area contributed by atoms with E-state index in [1.54, 1.807) is 0 Å². The maximum absolute atomic E-state index is 12.0. The van der Waals surface area contributed by atoms with Crippen molar-refractivity contribution >= 4 is 18.3 Å². The van der Waals surface area contributed by atoms with Crippen LogP contribution in [0.3, 0.4) is 0 Å². The van der Waals surface area contributed by atoms with E-state index in [1.165, 1.54) is 0 Å². The molecule has 126 valence electrons. The second-order valence-corrected chi connectivity index (χ2v) is 5.62. The molecule has 3 unspecified atom stereocenters. The van der Waals surface area contributed by atoms with Gasteiger partial charge >= 0.3 is 0 Å². The van der Waals surface area contributed by atoms with Gasteiger partial charge in [0.05, 0.1) is 12.6 Å². The standard InChI is InChI=1S/C17H28N2O2.ClH/c1-5-13(4)16(18)17(20)19-11-14(6-2)21-15-9-7-8-12(3)10-15;/h7-10,13-14,16H,5-6,11,18H2,1-4H3,(H,19,20);1H. The maximum Gasteiger partial charge on any atom is 0.237 e. The SMILES string of the molecule is CCC(CNC(=O)C(N)C(C)CC)Oc1cccc(C)c1.Cl. The number of ether oxygens (including phenoxy) is 1. The van der Waals surface area contributed by atoms with Crippen molar-refractivity contribution < 1.29 is 9.53 Å². The van der Waals surface area contributed by atoms with Crippen LogP contribution in [0.1, 0.15) is 39.2 Å². The molecule has 4 nitrogen and oxygen atoms in total.